The van der Waals surface area contributed by atoms with E-state index in [0.29, 0.717) is 18.0 Å². The van der Waals surface area contributed by atoms with E-state index in [2.05, 4.69) is 5.32 Å². The number of amides is 1. The highest BCUT2D eigenvalue weighted by atomic mass is 16.6. The van der Waals surface area contributed by atoms with E-state index in [1.54, 1.807) is 19.1 Å². The number of aliphatic hydroxyl groups is 1. The molecule has 2 atom stereocenters. The van der Waals surface area contributed by atoms with Crippen LogP contribution in [0.25, 0.3) is 0 Å². The molecule has 0 radical (unpaired) electrons. The zero-order valence-corrected chi connectivity index (χ0v) is 12.6. The lowest BCUT2D eigenvalue weighted by molar-refractivity contribution is -0.131. The number of benzene rings is 1. The van der Waals surface area contributed by atoms with Gasteiger partial charge in [0.25, 0.3) is 5.91 Å². The highest BCUT2D eigenvalue weighted by Gasteiger charge is 2.29. The van der Waals surface area contributed by atoms with Gasteiger partial charge in [0.2, 0.25) is 6.10 Å². The molecular weight excluding hydrogens is 272 g/mol. The fourth-order valence-electron chi connectivity index (χ4n) is 2.28. The molecule has 1 aliphatic rings. The van der Waals surface area contributed by atoms with Gasteiger partial charge in [-0.2, -0.15) is 0 Å². The summed E-state index contributed by atoms with van der Waals surface area (Å²) in [5.74, 6) is 0.911. The van der Waals surface area contributed by atoms with E-state index in [-0.39, 0.29) is 19.1 Å². The molecule has 2 rings (SSSR count). The summed E-state index contributed by atoms with van der Waals surface area (Å²) < 4.78 is 11.1. The number of hydrogen-bond acceptors (Lipinski definition) is 5. The fraction of sp³-hybridized carbons (Fsp3) is 0.533. The standard InChI is InChI=1S/C15H22N2O4/c1-15(19,10-17(2)3)9-16-14(18)13-8-20-11-6-4-5-7-12(11)21-13/h4-7,13,19H,8-10H2,1-3H3,(H,16,18). The third kappa shape index (κ3) is 4.34. The minimum Gasteiger partial charge on any atom is -0.485 e. The van der Waals surface area contributed by atoms with Crippen molar-refractivity contribution in [3.05, 3.63) is 24.3 Å². The predicted molar refractivity (Wildman–Crippen MR) is 78.5 cm³/mol. The third-order valence-electron chi connectivity index (χ3n) is 3.10. The first-order chi connectivity index (χ1) is 9.87. The molecule has 0 bridgehead atoms. The third-order valence-corrected chi connectivity index (χ3v) is 3.10. The molecule has 6 heteroatoms. The molecule has 6 nitrogen and oxygen atoms in total. The Bertz CT molecular complexity index is 502. The maximum absolute atomic E-state index is 12.1. The van der Waals surface area contributed by atoms with Gasteiger partial charge < -0.3 is 24.8 Å². The van der Waals surface area contributed by atoms with Crippen molar-refractivity contribution in [2.24, 2.45) is 0 Å². The van der Waals surface area contributed by atoms with Crippen molar-refractivity contribution in [3.63, 3.8) is 0 Å². The molecule has 2 N–H and O–H groups in total. The van der Waals surface area contributed by atoms with Gasteiger partial charge in [0.05, 0.1) is 5.60 Å². The predicted octanol–water partition coefficient (Wildman–Crippen LogP) is 0.255. The summed E-state index contributed by atoms with van der Waals surface area (Å²) in [5.41, 5.74) is -0.993. The van der Waals surface area contributed by atoms with Crippen molar-refractivity contribution in [1.29, 1.82) is 0 Å². The van der Waals surface area contributed by atoms with Crippen LogP contribution in [0.5, 0.6) is 11.5 Å². The molecule has 0 fully saturated rings. The summed E-state index contributed by atoms with van der Waals surface area (Å²) >= 11 is 0. The molecule has 0 aliphatic carbocycles. The second kappa shape index (κ2) is 6.32. The minimum atomic E-state index is -0.993. The van der Waals surface area contributed by atoms with Gasteiger partial charge >= 0.3 is 0 Å². The van der Waals surface area contributed by atoms with Crippen LogP contribution < -0.4 is 14.8 Å². The van der Waals surface area contributed by atoms with Gasteiger partial charge in [-0.1, -0.05) is 12.1 Å². The minimum absolute atomic E-state index is 0.158. The molecule has 1 aromatic rings. The van der Waals surface area contributed by atoms with Crippen LogP contribution in [-0.4, -0.2) is 61.4 Å². The monoisotopic (exact) mass is 294 g/mol. The summed E-state index contributed by atoms with van der Waals surface area (Å²) in [5, 5.41) is 12.9. The Morgan fingerprint density at radius 1 is 1.43 bits per heavy atom. The van der Waals surface area contributed by atoms with Crippen molar-refractivity contribution in [3.8, 4) is 11.5 Å². The second-order valence-corrected chi connectivity index (χ2v) is 5.82. The van der Waals surface area contributed by atoms with Crippen LogP contribution in [0.4, 0.5) is 0 Å². The van der Waals surface area contributed by atoms with Crippen LogP contribution in [0.3, 0.4) is 0 Å². The molecule has 21 heavy (non-hydrogen) atoms. The van der Waals surface area contributed by atoms with Crippen molar-refractivity contribution in [2.45, 2.75) is 18.6 Å². The number of hydrogen-bond donors (Lipinski definition) is 2. The van der Waals surface area contributed by atoms with Crippen LogP contribution in [0.2, 0.25) is 0 Å². The van der Waals surface area contributed by atoms with E-state index in [9.17, 15) is 9.90 Å². The zero-order valence-electron chi connectivity index (χ0n) is 12.6. The topological polar surface area (TPSA) is 71.0 Å². The normalized spacial score (nSPS) is 20.0. The Hall–Kier alpha value is -1.79. The number of rotatable bonds is 5. The average molecular weight is 294 g/mol. The van der Waals surface area contributed by atoms with E-state index in [0.717, 1.165) is 0 Å². The van der Waals surface area contributed by atoms with Gasteiger partial charge in [-0.05, 0) is 33.2 Å². The number of carbonyl (C=O) groups is 1. The molecule has 0 aromatic heterocycles. The van der Waals surface area contributed by atoms with Gasteiger partial charge in [0.15, 0.2) is 11.5 Å². The molecule has 1 heterocycles. The molecule has 116 valence electrons. The summed E-state index contributed by atoms with van der Waals surface area (Å²) in [6.45, 7) is 2.46. The zero-order chi connectivity index (χ0) is 15.5. The Balaban J connectivity index is 1.88. The Kier molecular flexibility index (Phi) is 4.69. The summed E-state index contributed by atoms with van der Waals surface area (Å²) in [6, 6.07) is 7.23. The number of fused-ring (bicyclic) bond motifs is 1. The van der Waals surface area contributed by atoms with E-state index in [4.69, 9.17) is 9.47 Å². The Labute approximate surface area is 124 Å². The van der Waals surface area contributed by atoms with Crippen LogP contribution in [-0.2, 0) is 4.79 Å². The molecule has 1 aliphatic heterocycles. The van der Waals surface area contributed by atoms with Gasteiger partial charge in [-0.3, -0.25) is 4.79 Å². The van der Waals surface area contributed by atoms with E-state index in [1.165, 1.54) is 0 Å². The lowest BCUT2D eigenvalue weighted by atomic mass is 10.1. The number of carbonyl (C=O) groups excluding carboxylic acids is 1. The van der Waals surface area contributed by atoms with Crippen LogP contribution in [0.1, 0.15) is 6.92 Å². The maximum Gasteiger partial charge on any atom is 0.264 e. The second-order valence-electron chi connectivity index (χ2n) is 5.82. The van der Waals surface area contributed by atoms with Gasteiger partial charge in [-0.15, -0.1) is 0 Å². The van der Waals surface area contributed by atoms with Crippen molar-refractivity contribution in [1.82, 2.24) is 10.2 Å². The first-order valence-corrected chi connectivity index (χ1v) is 6.91. The summed E-state index contributed by atoms with van der Waals surface area (Å²) in [6.07, 6.45) is -0.699. The first kappa shape index (κ1) is 15.6. The van der Waals surface area contributed by atoms with Crippen molar-refractivity contribution < 1.29 is 19.4 Å². The highest BCUT2D eigenvalue weighted by molar-refractivity contribution is 5.81. The first-order valence-electron chi connectivity index (χ1n) is 6.91. The molecule has 0 saturated heterocycles. The molecule has 2 unspecified atom stereocenters. The smallest absolute Gasteiger partial charge is 0.264 e. The van der Waals surface area contributed by atoms with Crippen LogP contribution in [0.15, 0.2) is 24.3 Å². The quantitative estimate of drug-likeness (QED) is 0.815. The van der Waals surface area contributed by atoms with E-state index >= 15 is 0 Å². The van der Waals surface area contributed by atoms with Crippen molar-refractivity contribution >= 4 is 5.91 Å². The fourth-order valence-corrected chi connectivity index (χ4v) is 2.28. The van der Waals surface area contributed by atoms with E-state index in [1.807, 2.05) is 31.1 Å². The molecule has 1 aromatic carbocycles. The summed E-state index contributed by atoms with van der Waals surface area (Å²) in [4.78, 5) is 14.0. The van der Waals surface area contributed by atoms with Crippen LogP contribution >= 0.6 is 0 Å². The molecule has 0 saturated carbocycles. The maximum atomic E-state index is 12.1. The largest absolute Gasteiger partial charge is 0.485 e. The highest BCUT2D eigenvalue weighted by Crippen LogP contribution is 2.30. The average Bonchev–Trinajstić information content (AvgIpc) is 2.43. The number of ether oxygens (including phenoxy) is 2. The van der Waals surface area contributed by atoms with Crippen molar-refractivity contribution in [2.75, 3.05) is 33.8 Å². The van der Waals surface area contributed by atoms with Crippen LogP contribution in [0, 0.1) is 0 Å². The number of likely N-dealkylation sites (N-methyl/N-ethyl adjacent to an activating group) is 1. The Morgan fingerprint density at radius 2 is 2.10 bits per heavy atom. The lowest BCUT2D eigenvalue weighted by Gasteiger charge is -2.29. The number of nitrogens with zero attached hydrogens (tertiary/aromatic N) is 1. The molecule has 0 spiro atoms. The molecular formula is C15H22N2O4. The Morgan fingerprint density at radius 3 is 2.76 bits per heavy atom. The number of nitrogens with one attached hydrogen (secondary N) is 1. The SMILES string of the molecule is CN(C)CC(C)(O)CNC(=O)C1COc2ccccc2O1. The van der Waals surface area contributed by atoms with Gasteiger partial charge in [0, 0.05) is 13.1 Å². The van der Waals surface area contributed by atoms with Gasteiger partial charge in [0.1, 0.15) is 6.61 Å². The van der Waals surface area contributed by atoms with Gasteiger partial charge in [-0.25, -0.2) is 0 Å². The summed E-state index contributed by atoms with van der Waals surface area (Å²) in [7, 11) is 3.73. The van der Waals surface area contributed by atoms with E-state index < -0.39 is 11.7 Å². The number of para-hydroxylation sites is 2. The lowest BCUT2D eigenvalue weighted by Crippen LogP contribution is -2.51. The molecule has 1 amide bonds.